The number of nitrogens with zero attached hydrogens (tertiary/aromatic N) is 1. The Morgan fingerprint density at radius 1 is 1.04 bits per heavy atom. The lowest BCUT2D eigenvalue weighted by atomic mass is 10.1. The average molecular weight is 373 g/mol. The van der Waals surface area contributed by atoms with Crippen LogP contribution >= 0.6 is 0 Å². The van der Waals surface area contributed by atoms with E-state index >= 15 is 0 Å². The Balaban J connectivity index is 1.78. The highest BCUT2D eigenvalue weighted by Crippen LogP contribution is 2.35. The van der Waals surface area contributed by atoms with Crippen molar-refractivity contribution in [1.82, 2.24) is 4.31 Å². The van der Waals surface area contributed by atoms with Crippen LogP contribution in [0.4, 0.5) is 0 Å². The molecule has 3 aromatic rings. The number of rotatable bonds is 3. The zero-order chi connectivity index (χ0) is 18.1. The van der Waals surface area contributed by atoms with E-state index in [0.717, 1.165) is 25.7 Å². The predicted molar refractivity (Wildman–Crippen MR) is 96.3 cm³/mol. The van der Waals surface area contributed by atoms with E-state index in [-0.39, 0.29) is 10.9 Å². The summed E-state index contributed by atoms with van der Waals surface area (Å²) in [7, 11) is -3.71. The van der Waals surface area contributed by atoms with Gasteiger partial charge in [0.25, 0.3) is 0 Å². The minimum atomic E-state index is -3.71. The van der Waals surface area contributed by atoms with Gasteiger partial charge in [-0.2, -0.15) is 4.31 Å². The molecule has 1 atom stereocenters. The van der Waals surface area contributed by atoms with Crippen LogP contribution in [0.25, 0.3) is 11.0 Å². The summed E-state index contributed by atoms with van der Waals surface area (Å²) in [4.78, 5) is 11.5. The van der Waals surface area contributed by atoms with Gasteiger partial charge in [-0.25, -0.2) is 13.2 Å². The van der Waals surface area contributed by atoms with Gasteiger partial charge in [0.1, 0.15) is 11.3 Å². The van der Waals surface area contributed by atoms with Crippen LogP contribution in [0.3, 0.4) is 0 Å². The zero-order valence-corrected chi connectivity index (χ0v) is 14.9. The van der Waals surface area contributed by atoms with Crippen LogP contribution in [0.2, 0.25) is 0 Å². The van der Waals surface area contributed by atoms with E-state index in [1.54, 1.807) is 28.8 Å². The second-order valence-electron chi connectivity index (χ2n) is 6.45. The normalized spacial score (nSPS) is 19.5. The van der Waals surface area contributed by atoms with Crippen LogP contribution in [0.15, 0.2) is 67.3 Å². The van der Waals surface area contributed by atoms with Crippen molar-refractivity contribution in [2.45, 2.75) is 36.6 Å². The Labute approximate surface area is 151 Å². The highest BCUT2D eigenvalue weighted by atomic mass is 32.2. The molecule has 1 fully saturated rings. The van der Waals surface area contributed by atoms with Crippen molar-refractivity contribution < 1.29 is 17.3 Å². The Morgan fingerprint density at radius 2 is 1.92 bits per heavy atom. The first-order valence-corrected chi connectivity index (χ1v) is 10.1. The van der Waals surface area contributed by atoms with Crippen LogP contribution in [0.1, 0.15) is 37.5 Å². The third-order valence-electron chi connectivity index (χ3n) is 4.77. The van der Waals surface area contributed by atoms with Crippen molar-refractivity contribution in [2.75, 3.05) is 6.54 Å². The third-order valence-corrected chi connectivity index (χ3v) is 6.68. The zero-order valence-electron chi connectivity index (χ0n) is 14.1. The highest BCUT2D eigenvalue weighted by molar-refractivity contribution is 7.89. The second kappa shape index (κ2) is 6.74. The largest absolute Gasteiger partial charge is 0.468 e. The number of sulfonamides is 1. The van der Waals surface area contributed by atoms with Crippen LogP contribution in [-0.4, -0.2) is 19.3 Å². The summed E-state index contributed by atoms with van der Waals surface area (Å²) in [6.07, 6.45) is 5.07. The van der Waals surface area contributed by atoms with Gasteiger partial charge in [-0.3, -0.25) is 0 Å². The summed E-state index contributed by atoms with van der Waals surface area (Å²) >= 11 is 0. The van der Waals surface area contributed by atoms with Gasteiger partial charge in [0, 0.05) is 18.0 Å². The van der Waals surface area contributed by atoms with E-state index in [2.05, 4.69) is 0 Å². The maximum absolute atomic E-state index is 13.3. The van der Waals surface area contributed by atoms with Gasteiger partial charge < -0.3 is 8.83 Å². The fraction of sp³-hybridized carbons (Fsp3) is 0.316. The molecule has 0 aliphatic carbocycles. The maximum Gasteiger partial charge on any atom is 0.336 e. The van der Waals surface area contributed by atoms with Gasteiger partial charge in [-0.1, -0.05) is 12.8 Å². The molecular weight excluding hydrogens is 354 g/mol. The number of hydrogen-bond donors (Lipinski definition) is 0. The van der Waals surface area contributed by atoms with Crippen LogP contribution in [0, 0.1) is 0 Å². The highest BCUT2D eigenvalue weighted by Gasteiger charge is 2.34. The number of furan rings is 1. The van der Waals surface area contributed by atoms with Crippen molar-refractivity contribution >= 4 is 21.0 Å². The van der Waals surface area contributed by atoms with Gasteiger partial charge in [0.2, 0.25) is 10.0 Å². The average Bonchev–Trinajstić information content (AvgIpc) is 3.05. The first-order valence-electron chi connectivity index (χ1n) is 8.65. The first-order chi connectivity index (χ1) is 12.6. The number of hydrogen-bond acceptors (Lipinski definition) is 5. The topological polar surface area (TPSA) is 80.7 Å². The number of benzene rings is 1. The smallest absolute Gasteiger partial charge is 0.336 e. The Bertz CT molecular complexity index is 1070. The van der Waals surface area contributed by atoms with Crippen LogP contribution in [-0.2, 0) is 10.0 Å². The summed E-state index contributed by atoms with van der Waals surface area (Å²) in [5.74, 6) is 0.669. The lowest BCUT2D eigenvalue weighted by Gasteiger charge is -2.27. The molecule has 26 heavy (non-hydrogen) atoms. The minimum absolute atomic E-state index is 0.192. The quantitative estimate of drug-likeness (QED) is 0.654. The molecule has 4 rings (SSSR count). The molecule has 136 valence electrons. The molecule has 1 saturated heterocycles. The monoisotopic (exact) mass is 373 g/mol. The van der Waals surface area contributed by atoms with E-state index in [0.29, 0.717) is 23.3 Å². The Hall–Kier alpha value is -2.38. The Morgan fingerprint density at radius 3 is 2.73 bits per heavy atom. The SMILES string of the molecule is O=c1ccc2cc(S(=O)(=O)N3CCCCCC3c3ccco3)ccc2o1. The van der Waals surface area contributed by atoms with Gasteiger partial charge >= 0.3 is 5.63 Å². The Kier molecular flexibility index (Phi) is 4.42. The molecule has 1 aliphatic rings. The van der Waals surface area contributed by atoms with Crippen molar-refractivity contribution in [3.63, 3.8) is 0 Å². The predicted octanol–water partition coefficient (Wildman–Crippen LogP) is 3.69. The summed E-state index contributed by atoms with van der Waals surface area (Å²) in [5, 5.41) is 0.579. The van der Waals surface area contributed by atoms with E-state index < -0.39 is 15.6 Å². The van der Waals surface area contributed by atoms with Gasteiger partial charge in [0.15, 0.2) is 0 Å². The minimum Gasteiger partial charge on any atom is -0.468 e. The summed E-state index contributed by atoms with van der Waals surface area (Å²) in [6, 6.07) is 10.7. The van der Waals surface area contributed by atoms with Crippen molar-refractivity contribution in [3.8, 4) is 0 Å². The molecule has 0 saturated carbocycles. The van der Waals surface area contributed by atoms with E-state index in [1.807, 2.05) is 6.07 Å². The molecule has 0 spiro atoms. The molecule has 3 heterocycles. The molecule has 0 amide bonds. The van der Waals surface area contributed by atoms with E-state index in [4.69, 9.17) is 8.83 Å². The molecule has 0 radical (unpaired) electrons. The molecule has 1 aliphatic heterocycles. The van der Waals surface area contributed by atoms with Crippen LogP contribution in [0.5, 0.6) is 0 Å². The lowest BCUT2D eigenvalue weighted by molar-refractivity contribution is 0.285. The molecule has 7 heteroatoms. The van der Waals surface area contributed by atoms with Crippen molar-refractivity contribution in [2.24, 2.45) is 0 Å². The molecule has 1 unspecified atom stereocenters. The molecular formula is C19H19NO5S. The molecule has 0 bridgehead atoms. The van der Waals surface area contributed by atoms with Crippen LogP contribution < -0.4 is 5.63 Å². The molecule has 0 N–H and O–H groups in total. The van der Waals surface area contributed by atoms with Gasteiger partial charge in [-0.15, -0.1) is 0 Å². The van der Waals surface area contributed by atoms with Gasteiger partial charge in [-0.05, 0) is 49.2 Å². The summed E-state index contributed by atoms with van der Waals surface area (Å²) in [6.45, 7) is 0.454. The van der Waals surface area contributed by atoms with Crippen molar-refractivity contribution in [3.05, 3.63) is 64.9 Å². The van der Waals surface area contributed by atoms with Gasteiger partial charge in [0.05, 0.1) is 17.2 Å². The fourth-order valence-electron chi connectivity index (χ4n) is 3.48. The van der Waals surface area contributed by atoms with E-state index in [9.17, 15) is 13.2 Å². The lowest BCUT2D eigenvalue weighted by Crippen LogP contribution is -2.34. The summed E-state index contributed by atoms with van der Waals surface area (Å²) in [5.41, 5.74) is -0.0894. The molecule has 2 aromatic heterocycles. The number of fused-ring (bicyclic) bond motifs is 1. The van der Waals surface area contributed by atoms with E-state index in [1.165, 1.54) is 18.2 Å². The fourth-order valence-corrected chi connectivity index (χ4v) is 5.18. The molecule has 1 aromatic carbocycles. The third kappa shape index (κ3) is 3.08. The first kappa shape index (κ1) is 17.1. The van der Waals surface area contributed by atoms with Crippen molar-refractivity contribution in [1.29, 1.82) is 0 Å². The molecule has 6 nitrogen and oxygen atoms in total. The summed E-state index contributed by atoms with van der Waals surface area (Å²) < 4.78 is 38.9. The standard InChI is InChI=1S/C19H19NO5S/c21-19-10-7-14-13-15(8-9-17(14)25-19)26(22,23)20-11-3-1-2-5-16(20)18-6-4-12-24-18/h4,6-10,12-13,16H,1-3,5,11H2. The maximum atomic E-state index is 13.3. The second-order valence-corrected chi connectivity index (χ2v) is 8.34.